The van der Waals surface area contributed by atoms with Crippen LogP contribution in [0.2, 0.25) is 0 Å². The lowest BCUT2D eigenvalue weighted by molar-refractivity contribution is 0.00854. The minimum Gasteiger partial charge on any atom is -0.378 e. The van der Waals surface area contributed by atoms with Gasteiger partial charge in [0.2, 0.25) is 0 Å². The van der Waals surface area contributed by atoms with Gasteiger partial charge in [0.1, 0.15) is 0 Å². The average molecular weight is 238 g/mol. The molecule has 0 aromatic carbocycles. The Morgan fingerprint density at radius 3 is 3.12 bits per heavy atom. The molecule has 1 aliphatic heterocycles. The molecule has 5 heteroatoms. The second-order valence-corrected chi connectivity index (χ2v) is 4.73. The van der Waals surface area contributed by atoms with Gasteiger partial charge in [0.05, 0.1) is 12.3 Å². The van der Waals surface area contributed by atoms with Crippen LogP contribution in [0.15, 0.2) is 12.4 Å². The number of hydrazine groups is 1. The topological polar surface area (TPSA) is 65.1 Å². The SMILES string of the molecule is Cn1cc(C(CCC2CCCCO2)NN)cn1. The first-order chi connectivity index (χ1) is 8.29. The molecule has 17 heavy (non-hydrogen) atoms. The molecule has 0 spiro atoms. The van der Waals surface area contributed by atoms with E-state index >= 15 is 0 Å². The Morgan fingerprint density at radius 2 is 2.53 bits per heavy atom. The third-order valence-corrected chi connectivity index (χ3v) is 3.38. The lowest BCUT2D eigenvalue weighted by Crippen LogP contribution is -2.29. The molecule has 1 aromatic heterocycles. The van der Waals surface area contributed by atoms with Crippen molar-refractivity contribution in [3.8, 4) is 0 Å². The van der Waals surface area contributed by atoms with Crippen LogP contribution < -0.4 is 11.3 Å². The molecule has 0 amide bonds. The summed E-state index contributed by atoms with van der Waals surface area (Å²) in [6, 6.07) is 0.175. The van der Waals surface area contributed by atoms with Crippen molar-refractivity contribution in [2.24, 2.45) is 12.9 Å². The number of nitrogens with one attached hydrogen (secondary N) is 1. The molecule has 0 bridgehead atoms. The summed E-state index contributed by atoms with van der Waals surface area (Å²) in [6.45, 7) is 0.915. The van der Waals surface area contributed by atoms with Crippen molar-refractivity contribution < 1.29 is 4.74 Å². The van der Waals surface area contributed by atoms with Gasteiger partial charge in [-0.1, -0.05) is 0 Å². The molecule has 5 nitrogen and oxygen atoms in total. The van der Waals surface area contributed by atoms with Gasteiger partial charge in [-0.15, -0.1) is 0 Å². The number of nitrogens with zero attached hydrogens (tertiary/aromatic N) is 2. The molecule has 2 rings (SSSR count). The molecule has 2 unspecified atom stereocenters. The van der Waals surface area contributed by atoms with E-state index in [9.17, 15) is 0 Å². The van der Waals surface area contributed by atoms with E-state index < -0.39 is 0 Å². The van der Waals surface area contributed by atoms with Crippen LogP contribution in [-0.4, -0.2) is 22.5 Å². The zero-order valence-electron chi connectivity index (χ0n) is 10.4. The smallest absolute Gasteiger partial charge is 0.0575 e. The Labute approximate surface area is 102 Å². The lowest BCUT2D eigenvalue weighted by Gasteiger charge is -2.24. The second kappa shape index (κ2) is 6.14. The quantitative estimate of drug-likeness (QED) is 0.599. The number of aryl methyl sites for hydroxylation is 1. The normalized spacial score (nSPS) is 22.6. The summed E-state index contributed by atoms with van der Waals surface area (Å²) in [7, 11) is 1.92. The van der Waals surface area contributed by atoms with Gasteiger partial charge in [-0.2, -0.15) is 5.10 Å². The van der Waals surface area contributed by atoms with E-state index in [-0.39, 0.29) is 6.04 Å². The Morgan fingerprint density at radius 1 is 1.65 bits per heavy atom. The van der Waals surface area contributed by atoms with Crippen LogP contribution in [0.25, 0.3) is 0 Å². The van der Waals surface area contributed by atoms with Crippen molar-refractivity contribution in [2.75, 3.05) is 6.61 Å². The molecule has 0 aliphatic carbocycles. The number of aromatic nitrogens is 2. The van der Waals surface area contributed by atoms with Crippen molar-refractivity contribution in [1.29, 1.82) is 0 Å². The third kappa shape index (κ3) is 3.52. The number of hydrogen-bond donors (Lipinski definition) is 2. The van der Waals surface area contributed by atoms with Crippen molar-refractivity contribution in [3.05, 3.63) is 18.0 Å². The fourth-order valence-corrected chi connectivity index (χ4v) is 2.35. The fourth-order valence-electron chi connectivity index (χ4n) is 2.35. The summed E-state index contributed by atoms with van der Waals surface area (Å²) in [5, 5.41) is 4.17. The van der Waals surface area contributed by atoms with E-state index in [2.05, 4.69) is 10.5 Å². The second-order valence-electron chi connectivity index (χ2n) is 4.73. The van der Waals surface area contributed by atoms with Crippen LogP contribution >= 0.6 is 0 Å². The average Bonchev–Trinajstić information content (AvgIpc) is 2.78. The number of hydrogen-bond acceptors (Lipinski definition) is 4. The van der Waals surface area contributed by atoms with Crippen LogP contribution in [0.3, 0.4) is 0 Å². The molecule has 2 atom stereocenters. The van der Waals surface area contributed by atoms with Gasteiger partial charge in [0, 0.05) is 31.5 Å². The van der Waals surface area contributed by atoms with E-state index in [0.29, 0.717) is 6.10 Å². The lowest BCUT2D eigenvalue weighted by atomic mass is 9.99. The van der Waals surface area contributed by atoms with Gasteiger partial charge < -0.3 is 4.74 Å². The summed E-state index contributed by atoms with van der Waals surface area (Å²) < 4.78 is 7.53. The van der Waals surface area contributed by atoms with Crippen LogP contribution in [0, 0.1) is 0 Å². The van der Waals surface area contributed by atoms with E-state index in [1.165, 1.54) is 19.3 Å². The van der Waals surface area contributed by atoms with Gasteiger partial charge in [-0.25, -0.2) is 0 Å². The fraction of sp³-hybridized carbons (Fsp3) is 0.750. The predicted molar refractivity (Wildman–Crippen MR) is 66.1 cm³/mol. The molecule has 3 N–H and O–H groups in total. The molecule has 0 radical (unpaired) electrons. The van der Waals surface area contributed by atoms with E-state index in [4.69, 9.17) is 10.6 Å². The van der Waals surface area contributed by atoms with Crippen molar-refractivity contribution >= 4 is 0 Å². The minimum atomic E-state index is 0.175. The van der Waals surface area contributed by atoms with Crippen molar-refractivity contribution in [1.82, 2.24) is 15.2 Å². The van der Waals surface area contributed by atoms with Gasteiger partial charge in [-0.05, 0) is 32.1 Å². The summed E-state index contributed by atoms with van der Waals surface area (Å²) in [5.41, 5.74) is 4.01. The first-order valence-corrected chi connectivity index (χ1v) is 6.36. The molecular weight excluding hydrogens is 216 g/mol. The van der Waals surface area contributed by atoms with Crippen LogP contribution in [0.1, 0.15) is 43.7 Å². The maximum atomic E-state index is 5.72. The maximum Gasteiger partial charge on any atom is 0.0575 e. The van der Waals surface area contributed by atoms with Crippen LogP contribution in [0.5, 0.6) is 0 Å². The highest BCUT2D eigenvalue weighted by molar-refractivity contribution is 5.09. The number of ether oxygens (including phenoxy) is 1. The van der Waals surface area contributed by atoms with Crippen LogP contribution in [0.4, 0.5) is 0 Å². The summed E-state index contributed by atoms with van der Waals surface area (Å²) in [6.07, 6.45) is 10.0. The van der Waals surface area contributed by atoms with E-state index in [1.807, 2.05) is 19.4 Å². The van der Waals surface area contributed by atoms with E-state index in [1.54, 1.807) is 4.68 Å². The Kier molecular flexibility index (Phi) is 4.53. The standard InChI is InChI=1S/C12H22N4O/c1-16-9-10(8-14-16)12(15-13)6-5-11-4-2-3-7-17-11/h8-9,11-12,15H,2-7,13H2,1H3. The molecule has 1 fully saturated rings. The molecule has 1 saturated heterocycles. The first kappa shape index (κ1) is 12.5. The van der Waals surface area contributed by atoms with Gasteiger partial charge >= 0.3 is 0 Å². The number of rotatable bonds is 5. The summed E-state index contributed by atoms with van der Waals surface area (Å²) in [4.78, 5) is 0. The minimum absolute atomic E-state index is 0.175. The first-order valence-electron chi connectivity index (χ1n) is 6.36. The molecular formula is C12H22N4O. The van der Waals surface area contributed by atoms with Crippen molar-refractivity contribution in [3.63, 3.8) is 0 Å². The molecule has 96 valence electrons. The Hall–Kier alpha value is -0.910. The Balaban J connectivity index is 1.82. The van der Waals surface area contributed by atoms with Crippen molar-refractivity contribution in [2.45, 2.75) is 44.2 Å². The highest BCUT2D eigenvalue weighted by Gasteiger charge is 2.17. The largest absolute Gasteiger partial charge is 0.378 e. The zero-order valence-corrected chi connectivity index (χ0v) is 10.4. The summed E-state index contributed by atoms with van der Waals surface area (Å²) in [5.74, 6) is 5.60. The van der Waals surface area contributed by atoms with E-state index in [0.717, 1.165) is 25.0 Å². The molecule has 1 aliphatic rings. The molecule has 2 heterocycles. The predicted octanol–water partition coefficient (Wildman–Crippen LogP) is 1.27. The molecule has 0 saturated carbocycles. The zero-order chi connectivity index (χ0) is 12.1. The maximum absolute atomic E-state index is 5.72. The third-order valence-electron chi connectivity index (χ3n) is 3.38. The summed E-state index contributed by atoms with van der Waals surface area (Å²) >= 11 is 0. The highest BCUT2D eigenvalue weighted by Crippen LogP contribution is 2.22. The van der Waals surface area contributed by atoms with Gasteiger partial charge in [0.15, 0.2) is 0 Å². The Bertz CT molecular complexity index is 333. The highest BCUT2D eigenvalue weighted by atomic mass is 16.5. The van der Waals surface area contributed by atoms with Gasteiger partial charge in [0.25, 0.3) is 0 Å². The number of nitrogens with two attached hydrogens (primary N) is 1. The van der Waals surface area contributed by atoms with Crippen LogP contribution in [-0.2, 0) is 11.8 Å². The monoisotopic (exact) mass is 238 g/mol. The molecule has 1 aromatic rings. The van der Waals surface area contributed by atoms with Gasteiger partial charge in [-0.3, -0.25) is 16.0 Å².